The van der Waals surface area contributed by atoms with Crippen molar-refractivity contribution in [3.05, 3.63) is 22.4 Å². The summed E-state index contributed by atoms with van der Waals surface area (Å²) in [5, 5.41) is 2.09. The second-order valence-electron chi connectivity index (χ2n) is 4.55. The first-order valence-electron chi connectivity index (χ1n) is 6.21. The molecule has 1 aromatic rings. The molecule has 0 aromatic carbocycles. The van der Waals surface area contributed by atoms with Crippen LogP contribution in [0.15, 0.2) is 17.5 Å². The van der Waals surface area contributed by atoms with Crippen LogP contribution in [0.3, 0.4) is 0 Å². The Bertz CT molecular complexity index is 298. The maximum absolute atomic E-state index is 6.42. The average Bonchev–Trinajstić information content (AvgIpc) is 2.83. The molecule has 1 unspecified atom stereocenters. The van der Waals surface area contributed by atoms with E-state index in [9.17, 15) is 0 Å². The van der Waals surface area contributed by atoms with Crippen molar-refractivity contribution in [3.8, 4) is 0 Å². The van der Waals surface area contributed by atoms with Gasteiger partial charge in [-0.05, 0) is 31.2 Å². The van der Waals surface area contributed by atoms with E-state index in [1.165, 1.54) is 24.1 Å². The van der Waals surface area contributed by atoms with Gasteiger partial charge in [-0.2, -0.15) is 0 Å². The molecule has 2 nitrogen and oxygen atoms in total. The zero-order valence-electron chi connectivity index (χ0n) is 9.95. The Morgan fingerprint density at radius 1 is 1.44 bits per heavy atom. The van der Waals surface area contributed by atoms with Gasteiger partial charge >= 0.3 is 0 Å². The molecule has 0 saturated heterocycles. The Labute approximate surface area is 102 Å². The predicted molar refractivity (Wildman–Crippen MR) is 68.7 cm³/mol. The first-order chi connectivity index (χ1) is 7.78. The summed E-state index contributed by atoms with van der Waals surface area (Å²) in [6.45, 7) is 2.83. The first kappa shape index (κ1) is 12.1. The lowest BCUT2D eigenvalue weighted by molar-refractivity contribution is -0.0824. The maximum Gasteiger partial charge on any atom is 0.0882 e. The van der Waals surface area contributed by atoms with Crippen LogP contribution in [0.4, 0.5) is 0 Å². The van der Waals surface area contributed by atoms with E-state index in [0.717, 1.165) is 19.4 Å². The molecule has 0 spiro atoms. The van der Waals surface area contributed by atoms with E-state index in [-0.39, 0.29) is 11.6 Å². The summed E-state index contributed by atoms with van der Waals surface area (Å²) in [5.41, 5.74) is 6.32. The third kappa shape index (κ3) is 2.31. The molecule has 3 heteroatoms. The first-order valence-corrected chi connectivity index (χ1v) is 7.09. The van der Waals surface area contributed by atoms with Gasteiger partial charge in [0.1, 0.15) is 0 Å². The molecule has 16 heavy (non-hydrogen) atoms. The van der Waals surface area contributed by atoms with Crippen LogP contribution in [0.2, 0.25) is 0 Å². The van der Waals surface area contributed by atoms with Crippen molar-refractivity contribution < 1.29 is 4.74 Å². The number of ether oxygens (including phenoxy) is 1. The van der Waals surface area contributed by atoms with Gasteiger partial charge in [-0.25, -0.2) is 0 Å². The quantitative estimate of drug-likeness (QED) is 0.873. The summed E-state index contributed by atoms with van der Waals surface area (Å²) in [6, 6.07) is 4.25. The van der Waals surface area contributed by atoms with Crippen LogP contribution in [0.5, 0.6) is 0 Å². The van der Waals surface area contributed by atoms with Crippen LogP contribution in [0.1, 0.15) is 49.9 Å². The van der Waals surface area contributed by atoms with Crippen LogP contribution in [0, 0.1) is 0 Å². The molecular formula is C13H21NOS. The van der Waals surface area contributed by atoms with E-state index in [1.807, 2.05) is 0 Å². The molecule has 2 rings (SSSR count). The molecule has 1 saturated carbocycles. The van der Waals surface area contributed by atoms with Crippen molar-refractivity contribution in [1.29, 1.82) is 0 Å². The lowest BCUT2D eigenvalue weighted by Gasteiger charge is -2.41. The normalized spacial score (nSPS) is 21.9. The van der Waals surface area contributed by atoms with E-state index in [4.69, 9.17) is 10.5 Å². The van der Waals surface area contributed by atoms with Crippen molar-refractivity contribution in [2.75, 3.05) is 6.61 Å². The molecule has 2 N–H and O–H groups in total. The van der Waals surface area contributed by atoms with Gasteiger partial charge < -0.3 is 10.5 Å². The Hall–Kier alpha value is -0.380. The van der Waals surface area contributed by atoms with Gasteiger partial charge in [0.05, 0.1) is 11.6 Å². The summed E-state index contributed by atoms with van der Waals surface area (Å²) in [6.07, 6.45) is 6.05. The van der Waals surface area contributed by atoms with E-state index in [2.05, 4.69) is 24.4 Å². The molecule has 1 aliphatic carbocycles. The van der Waals surface area contributed by atoms with E-state index in [1.54, 1.807) is 11.3 Å². The molecule has 90 valence electrons. The van der Waals surface area contributed by atoms with Crippen molar-refractivity contribution in [1.82, 2.24) is 0 Å². The molecular weight excluding hydrogens is 218 g/mol. The molecule has 1 aliphatic rings. The number of nitrogens with two attached hydrogens (primary N) is 1. The number of hydrogen-bond acceptors (Lipinski definition) is 3. The fourth-order valence-electron chi connectivity index (χ4n) is 2.71. The van der Waals surface area contributed by atoms with Crippen molar-refractivity contribution in [2.45, 2.75) is 50.7 Å². The Balaban J connectivity index is 2.17. The van der Waals surface area contributed by atoms with Crippen LogP contribution >= 0.6 is 11.3 Å². The summed E-state index contributed by atoms with van der Waals surface area (Å²) in [4.78, 5) is 1.26. The summed E-state index contributed by atoms with van der Waals surface area (Å²) in [7, 11) is 0. The number of rotatable bonds is 4. The van der Waals surface area contributed by atoms with Crippen molar-refractivity contribution in [3.63, 3.8) is 0 Å². The third-order valence-corrected chi connectivity index (χ3v) is 4.50. The molecule has 1 fully saturated rings. The largest absolute Gasteiger partial charge is 0.373 e. The SMILES string of the molecule is CCOC1(C(N)c2cccs2)CCCCC1. The van der Waals surface area contributed by atoms with Gasteiger partial charge in [-0.1, -0.05) is 25.3 Å². The molecule has 1 heterocycles. The standard InChI is InChI=1S/C13H21NOS/c1-2-15-13(8-4-3-5-9-13)12(14)11-7-6-10-16-11/h6-7,10,12H,2-5,8-9,14H2,1H3. The zero-order chi connectivity index (χ0) is 11.4. The summed E-state index contributed by atoms with van der Waals surface area (Å²) in [5.74, 6) is 0. The smallest absolute Gasteiger partial charge is 0.0882 e. The highest BCUT2D eigenvalue weighted by Crippen LogP contribution is 2.41. The maximum atomic E-state index is 6.42. The predicted octanol–water partition coefficient (Wildman–Crippen LogP) is 3.49. The summed E-state index contributed by atoms with van der Waals surface area (Å²) < 4.78 is 6.04. The van der Waals surface area contributed by atoms with Crippen molar-refractivity contribution >= 4 is 11.3 Å². The highest BCUT2D eigenvalue weighted by atomic mass is 32.1. The third-order valence-electron chi connectivity index (χ3n) is 3.55. The molecule has 0 amide bonds. The highest BCUT2D eigenvalue weighted by molar-refractivity contribution is 7.10. The average molecular weight is 239 g/mol. The highest BCUT2D eigenvalue weighted by Gasteiger charge is 2.39. The van der Waals surface area contributed by atoms with Gasteiger partial charge in [0.25, 0.3) is 0 Å². The molecule has 0 bridgehead atoms. The van der Waals surface area contributed by atoms with Crippen LogP contribution in [0.25, 0.3) is 0 Å². The fraction of sp³-hybridized carbons (Fsp3) is 0.692. The number of thiophene rings is 1. The number of hydrogen-bond donors (Lipinski definition) is 1. The van der Waals surface area contributed by atoms with Gasteiger partial charge in [0.15, 0.2) is 0 Å². The Kier molecular flexibility index (Phi) is 4.00. The topological polar surface area (TPSA) is 35.2 Å². The van der Waals surface area contributed by atoms with Crippen molar-refractivity contribution in [2.24, 2.45) is 5.73 Å². The minimum Gasteiger partial charge on any atom is -0.373 e. The summed E-state index contributed by atoms with van der Waals surface area (Å²) >= 11 is 1.74. The lowest BCUT2D eigenvalue weighted by Crippen LogP contribution is -2.45. The monoisotopic (exact) mass is 239 g/mol. The van der Waals surface area contributed by atoms with Gasteiger partial charge in [0, 0.05) is 11.5 Å². The molecule has 0 radical (unpaired) electrons. The van der Waals surface area contributed by atoms with Crippen LogP contribution < -0.4 is 5.73 Å². The van der Waals surface area contributed by atoms with E-state index in [0.29, 0.717) is 0 Å². The molecule has 1 aromatic heterocycles. The van der Waals surface area contributed by atoms with E-state index < -0.39 is 0 Å². The molecule has 0 aliphatic heterocycles. The second kappa shape index (κ2) is 5.30. The second-order valence-corrected chi connectivity index (χ2v) is 5.53. The molecule has 1 atom stereocenters. The van der Waals surface area contributed by atoms with Gasteiger partial charge in [0.2, 0.25) is 0 Å². The minimum atomic E-state index is -0.0994. The Morgan fingerprint density at radius 3 is 2.75 bits per heavy atom. The Morgan fingerprint density at radius 2 is 2.19 bits per heavy atom. The lowest BCUT2D eigenvalue weighted by atomic mass is 9.79. The van der Waals surface area contributed by atoms with Gasteiger partial charge in [-0.3, -0.25) is 0 Å². The minimum absolute atomic E-state index is 0.0488. The zero-order valence-corrected chi connectivity index (χ0v) is 10.8. The van der Waals surface area contributed by atoms with Gasteiger partial charge in [-0.15, -0.1) is 11.3 Å². The fourth-order valence-corrected chi connectivity index (χ4v) is 3.54. The van der Waals surface area contributed by atoms with E-state index >= 15 is 0 Å². The van der Waals surface area contributed by atoms with Crippen LogP contribution in [-0.4, -0.2) is 12.2 Å². The van der Waals surface area contributed by atoms with Crippen LogP contribution in [-0.2, 0) is 4.74 Å².